The predicted molar refractivity (Wildman–Crippen MR) is 128 cm³/mol. The minimum atomic E-state index is -0.230. The topological polar surface area (TPSA) is 90.1 Å². The number of nitrogens with zero attached hydrogens (tertiary/aromatic N) is 7. The summed E-state index contributed by atoms with van der Waals surface area (Å²) in [4.78, 5) is 11.5. The Bertz CT molecular complexity index is 1160. The summed E-state index contributed by atoms with van der Waals surface area (Å²) in [5.41, 5.74) is 2.97. The van der Waals surface area contributed by atoms with E-state index in [4.69, 9.17) is 19.3 Å². The average molecular weight is 464 g/mol. The molecule has 10 nitrogen and oxygen atoms in total. The molecule has 34 heavy (non-hydrogen) atoms. The molecule has 4 heterocycles. The van der Waals surface area contributed by atoms with Gasteiger partial charge in [-0.1, -0.05) is 18.2 Å². The SMILES string of the molecule is COC(C)c1cccc(-c2ccn(-c3cc(N4CCOCC4)nc(OC4CC=NN4C)n3)n2)c1. The molecule has 1 fully saturated rings. The van der Waals surface area contributed by atoms with Crippen molar-refractivity contribution >= 4 is 12.0 Å². The molecule has 0 amide bonds. The highest BCUT2D eigenvalue weighted by Gasteiger charge is 2.22. The van der Waals surface area contributed by atoms with Crippen LogP contribution in [0.3, 0.4) is 0 Å². The molecule has 0 spiro atoms. The molecule has 5 rings (SSSR count). The Morgan fingerprint density at radius 2 is 1.91 bits per heavy atom. The van der Waals surface area contributed by atoms with E-state index in [2.05, 4.69) is 32.1 Å². The van der Waals surface area contributed by atoms with Crippen LogP contribution >= 0.6 is 0 Å². The molecule has 2 aliphatic rings. The van der Waals surface area contributed by atoms with Crippen molar-refractivity contribution in [2.75, 3.05) is 45.4 Å². The van der Waals surface area contributed by atoms with Gasteiger partial charge in [-0.15, -0.1) is 0 Å². The molecule has 2 unspecified atom stereocenters. The van der Waals surface area contributed by atoms with Crippen LogP contribution < -0.4 is 9.64 Å². The van der Waals surface area contributed by atoms with E-state index >= 15 is 0 Å². The van der Waals surface area contributed by atoms with Crippen LogP contribution in [0.1, 0.15) is 25.0 Å². The number of morpholine rings is 1. The third-order valence-electron chi connectivity index (χ3n) is 6.07. The maximum Gasteiger partial charge on any atom is 0.322 e. The van der Waals surface area contributed by atoms with Gasteiger partial charge in [0.15, 0.2) is 12.0 Å². The van der Waals surface area contributed by atoms with E-state index in [-0.39, 0.29) is 12.3 Å². The summed E-state index contributed by atoms with van der Waals surface area (Å²) in [6.45, 7) is 4.88. The molecule has 178 valence electrons. The molecule has 3 aromatic rings. The third-order valence-corrected chi connectivity index (χ3v) is 6.07. The molecule has 0 aliphatic carbocycles. The highest BCUT2D eigenvalue weighted by molar-refractivity contribution is 5.60. The standard InChI is InChI=1S/C24H29N7O3/c1-17(32-3)18-5-4-6-19(15-18)20-8-10-31(28-20)22-16-21(30-11-13-33-14-12-30)26-24(27-22)34-23-7-9-25-29(23)2/h4-6,8-10,15-17,23H,7,11-14H2,1-3H3. The van der Waals surface area contributed by atoms with E-state index in [1.165, 1.54) is 0 Å². The van der Waals surface area contributed by atoms with Gasteiger partial charge in [0.25, 0.3) is 0 Å². The van der Waals surface area contributed by atoms with Crippen LogP contribution in [0.4, 0.5) is 5.82 Å². The van der Waals surface area contributed by atoms with Crippen molar-refractivity contribution in [1.82, 2.24) is 24.8 Å². The highest BCUT2D eigenvalue weighted by Crippen LogP contribution is 2.26. The van der Waals surface area contributed by atoms with E-state index in [0.29, 0.717) is 31.5 Å². The number of methoxy groups -OCH3 is 1. The summed E-state index contributed by atoms with van der Waals surface area (Å²) in [5.74, 6) is 1.43. The van der Waals surface area contributed by atoms with Gasteiger partial charge in [0.1, 0.15) is 5.82 Å². The molecule has 0 saturated carbocycles. The number of hydrogen-bond acceptors (Lipinski definition) is 9. The van der Waals surface area contributed by atoms with Gasteiger partial charge in [0, 0.05) is 57.7 Å². The fourth-order valence-corrected chi connectivity index (χ4v) is 3.96. The first-order valence-corrected chi connectivity index (χ1v) is 11.4. The van der Waals surface area contributed by atoms with Crippen molar-refractivity contribution < 1.29 is 14.2 Å². The third kappa shape index (κ3) is 4.73. The quantitative estimate of drug-likeness (QED) is 0.528. The van der Waals surface area contributed by atoms with Gasteiger partial charge in [-0.05, 0) is 24.6 Å². The van der Waals surface area contributed by atoms with Gasteiger partial charge >= 0.3 is 6.01 Å². The Hall–Kier alpha value is -3.50. The molecule has 1 saturated heterocycles. The largest absolute Gasteiger partial charge is 0.437 e. The number of anilines is 1. The van der Waals surface area contributed by atoms with E-state index in [1.54, 1.807) is 16.8 Å². The first-order valence-electron chi connectivity index (χ1n) is 11.4. The van der Waals surface area contributed by atoms with Crippen molar-refractivity contribution in [1.29, 1.82) is 0 Å². The zero-order chi connectivity index (χ0) is 23.5. The van der Waals surface area contributed by atoms with Crippen LogP contribution in [0.2, 0.25) is 0 Å². The van der Waals surface area contributed by atoms with Gasteiger partial charge in [-0.2, -0.15) is 20.2 Å². The van der Waals surface area contributed by atoms with Crippen molar-refractivity contribution in [3.05, 3.63) is 48.2 Å². The van der Waals surface area contributed by atoms with Crippen LogP contribution in [0.15, 0.2) is 47.7 Å². The summed E-state index contributed by atoms with van der Waals surface area (Å²) in [6.07, 6.45) is 4.19. The molecule has 1 aromatic carbocycles. The smallest absolute Gasteiger partial charge is 0.322 e. The first kappa shape index (κ1) is 22.3. The zero-order valence-electron chi connectivity index (χ0n) is 19.7. The van der Waals surface area contributed by atoms with Crippen LogP contribution in [0.25, 0.3) is 17.1 Å². The number of rotatable bonds is 7. The monoisotopic (exact) mass is 463 g/mol. The Morgan fingerprint density at radius 1 is 1.09 bits per heavy atom. The minimum Gasteiger partial charge on any atom is -0.437 e. The molecular formula is C24H29N7O3. The van der Waals surface area contributed by atoms with Crippen LogP contribution in [-0.2, 0) is 9.47 Å². The summed E-state index contributed by atoms with van der Waals surface area (Å²) in [6, 6.07) is 12.4. The maximum atomic E-state index is 6.09. The summed E-state index contributed by atoms with van der Waals surface area (Å²) < 4.78 is 18.8. The molecule has 10 heteroatoms. The summed E-state index contributed by atoms with van der Waals surface area (Å²) >= 11 is 0. The fraction of sp³-hybridized carbons (Fsp3) is 0.417. The lowest BCUT2D eigenvalue weighted by Crippen LogP contribution is -2.37. The molecule has 2 aliphatic heterocycles. The molecular weight excluding hydrogens is 434 g/mol. The highest BCUT2D eigenvalue weighted by atomic mass is 16.5. The maximum absolute atomic E-state index is 6.09. The molecule has 2 aromatic heterocycles. The Morgan fingerprint density at radius 3 is 2.68 bits per heavy atom. The normalized spacial score (nSPS) is 19.0. The molecule has 2 atom stereocenters. The Kier molecular flexibility index (Phi) is 6.41. The van der Waals surface area contributed by atoms with E-state index < -0.39 is 0 Å². The van der Waals surface area contributed by atoms with E-state index in [0.717, 1.165) is 35.7 Å². The second-order valence-electron chi connectivity index (χ2n) is 8.30. The Balaban J connectivity index is 1.46. The number of ether oxygens (including phenoxy) is 3. The molecule has 0 N–H and O–H groups in total. The van der Waals surface area contributed by atoms with Crippen molar-refractivity contribution in [3.8, 4) is 23.1 Å². The average Bonchev–Trinajstić information content (AvgIpc) is 3.54. The van der Waals surface area contributed by atoms with Crippen molar-refractivity contribution in [2.24, 2.45) is 5.10 Å². The van der Waals surface area contributed by atoms with Gasteiger partial charge in [-0.3, -0.25) is 5.01 Å². The lowest BCUT2D eigenvalue weighted by molar-refractivity contribution is 0.0592. The van der Waals surface area contributed by atoms with Crippen LogP contribution in [0.5, 0.6) is 6.01 Å². The second kappa shape index (κ2) is 9.78. The van der Waals surface area contributed by atoms with Gasteiger partial charge in [0.05, 0.1) is 25.0 Å². The fourth-order valence-electron chi connectivity index (χ4n) is 3.96. The number of hydrazone groups is 1. The van der Waals surface area contributed by atoms with Crippen LogP contribution in [0, 0.1) is 0 Å². The van der Waals surface area contributed by atoms with Gasteiger partial charge < -0.3 is 19.1 Å². The van der Waals surface area contributed by atoms with E-state index in [9.17, 15) is 0 Å². The number of aromatic nitrogens is 4. The minimum absolute atomic E-state index is 0.0115. The number of hydrogen-bond donors (Lipinski definition) is 0. The van der Waals surface area contributed by atoms with Crippen molar-refractivity contribution in [2.45, 2.75) is 25.7 Å². The van der Waals surface area contributed by atoms with Crippen molar-refractivity contribution in [3.63, 3.8) is 0 Å². The van der Waals surface area contributed by atoms with E-state index in [1.807, 2.05) is 50.6 Å². The first-order chi connectivity index (χ1) is 16.6. The lowest BCUT2D eigenvalue weighted by Gasteiger charge is -2.28. The summed E-state index contributed by atoms with van der Waals surface area (Å²) in [5, 5.41) is 10.8. The predicted octanol–water partition coefficient (Wildman–Crippen LogP) is 2.90. The Labute approximate surface area is 198 Å². The molecule has 0 radical (unpaired) electrons. The molecule has 0 bridgehead atoms. The lowest BCUT2D eigenvalue weighted by atomic mass is 10.1. The zero-order valence-corrected chi connectivity index (χ0v) is 19.7. The van der Waals surface area contributed by atoms with Gasteiger partial charge in [-0.25, -0.2) is 4.68 Å². The van der Waals surface area contributed by atoms with Crippen LogP contribution in [-0.4, -0.2) is 77.7 Å². The summed E-state index contributed by atoms with van der Waals surface area (Å²) in [7, 11) is 3.58. The van der Waals surface area contributed by atoms with Gasteiger partial charge in [0.2, 0.25) is 0 Å². The second-order valence-corrected chi connectivity index (χ2v) is 8.30. The number of benzene rings is 1.